The number of hydrogen-bond donors (Lipinski definition) is 2. The number of hydrogen-bond acceptors (Lipinski definition) is 2. The summed E-state index contributed by atoms with van der Waals surface area (Å²) in [6.07, 6.45) is 3.34. The van der Waals surface area contributed by atoms with E-state index < -0.39 is 11.6 Å². The lowest BCUT2D eigenvalue weighted by Crippen LogP contribution is -2.29. The van der Waals surface area contributed by atoms with E-state index in [1.807, 2.05) is 0 Å². The Hall–Kier alpha value is -1.49. The summed E-state index contributed by atoms with van der Waals surface area (Å²) >= 11 is 0. The highest BCUT2D eigenvalue weighted by Crippen LogP contribution is 2.29. The van der Waals surface area contributed by atoms with E-state index in [1.54, 1.807) is 0 Å². The molecule has 1 aliphatic carbocycles. The molecule has 1 amide bonds. The monoisotopic (exact) mass is 268 g/mol. The second-order valence-electron chi connectivity index (χ2n) is 5.04. The van der Waals surface area contributed by atoms with Gasteiger partial charge in [-0.15, -0.1) is 0 Å². The first kappa shape index (κ1) is 13.9. The van der Waals surface area contributed by atoms with Crippen molar-refractivity contribution in [2.24, 2.45) is 17.6 Å². The Kier molecular flexibility index (Phi) is 4.47. The Balaban J connectivity index is 1.96. The Morgan fingerprint density at radius 2 is 1.95 bits per heavy atom. The van der Waals surface area contributed by atoms with Gasteiger partial charge in [0.15, 0.2) is 11.6 Å². The van der Waals surface area contributed by atoms with Crippen LogP contribution in [0.15, 0.2) is 18.2 Å². The van der Waals surface area contributed by atoms with Crippen LogP contribution >= 0.6 is 0 Å². The molecule has 0 radical (unpaired) electrons. The molecule has 0 aromatic heterocycles. The maximum Gasteiger partial charge on any atom is 0.227 e. The van der Waals surface area contributed by atoms with Crippen LogP contribution in [0.25, 0.3) is 0 Å². The van der Waals surface area contributed by atoms with Crippen LogP contribution in [0, 0.1) is 23.5 Å². The summed E-state index contributed by atoms with van der Waals surface area (Å²) in [7, 11) is 0. The van der Waals surface area contributed by atoms with Gasteiger partial charge in [-0.05, 0) is 50.3 Å². The van der Waals surface area contributed by atoms with Crippen LogP contribution in [-0.2, 0) is 4.79 Å². The molecule has 0 aliphatic heterocycles. The molecule has 0 bridgehead atoms. The fourth-order valence-corrected chi connectivity index (χ4v) is 2.50. The van der Waals surface area contributed by atoms with E-state index in [2.05, 4.69) is 5.32 Å². The van der Waals surface area contributed by atoms with Crippen molar-refractivity contribution in [1.82, 2.24) is 0 Å². The van der Waals surface area contributed by atoms with Crippen LogP contribution in [-0.4, -0.2) is 12.5 Å². The molecular weight excluding hydrogens is 250 g/mol. The first-order chi connectivity index (χ1) is 9.11. The lowest BCUT2D eigenvalue weighted by Gasteiger charge is -2.26. The Morgan fingerprint density at radius 3 is 2.58 bits per heavy atom. The molecule has 104 valence electrons. The molecule has 19 heavy (non-hydrogen) atoms. The van der Waals surface area contributed by atoms with E-state index in [-0.39, 0.29) is 17.5 Å². The van der Waals surface area contributed by atoms with Gasteiger partial charge in [-0.2, -0.15) is 0 Å². The van der Waals surface area contributed by atoms with Crippen molar-refractivity contribution >= 4 is 11.6 Å². The van der Waals surface area contributed by atoms with Crippen molar-refractivity contribution in [1.29, 1.82) is 0 Å². The normalized spacial score (nSPS) is 23.1. The van der Waals surface area contributed by atoms with Crippen LogP contribution in [0.1, 0.15) is 25.7 Å². The summed E-state index contributed by atoms with van der Waals surface area (Å²) < 4.78 is 26.5. The molecule has 3 N–H and O–H groups in total. The number of carbonyl (C=O) groups is 1. The van der Waals surface area contributed by atoms with Crippen LogP contribution in [0.2, 0.25) is 0 Å². The summed E-state index contributed by atoms with van der Waals surface area (Å²) in [6, 6.07) is 3.76. The summed E-state index contributed by atoms with van der Waals surface area (Å²) in [5, 5.41) is 2.47. The number of halogens is 2. The van der Waals surface area contributed by atoms with Crippen LogP contribution in [0.5, 0.6) is 0 Å². The molecule has 0 saturated heterocycles. The van der Waals surface area contributed by atoms with E-state index in [0.29, 0.717) is 12.5 Å². The van der Waals surface area contributed by atoms with Crippen molar-refractivity contribution in [3.63, 3.8) is 0 Å². The lowest BCUT2D eigenvalue weighted by atomic mass is 9.81. The van der Waals surface area contributed by atoms with Gasteiger partial charge in [0.1, 0.15) is 0 Å². The summed E-state index contributed by atoms with van der Waals surface area (Å²) in [4.78, 5) is 12.0. The molecule has 0 spiro atoms. The highest BCUT2D eigenvalue weighted by Gasteiger charge is 2.26. The Morgan fingerprint density at radius 1 is 1.26 bits per heavy atom. The van der Waals surface area contributed by atoms with E-state index in [4.69, 9.17) is 5.73 Å². The van der Waals surface area contributed by atoms with Gasteiger partial charge in [0.25, 0.3) is 0 Å². The fraction of sp³-hybridized carbons (Fsp3) is 0.500. The maximum absolute atomic E-state index is 13.4. The number of carbonyl (C=O) groups excluding carboxylic acids is 1. The van der Waals surface area contributed by atoms with Gasteiger partial charge in [0, 0.05) is 5.92 Å². The van der Waals surface area contributed by atoms with Gasteiger partial charge in [0.05, 0.1) is 5.69 Å². The summed E-state index contributed by atoms with van der Waals surface area (Å²) in [5.41, 5.74) is 5.50. The first-order valence-electron chi connectivity index (χ1n) is 6.56. The van der Waals surface area contributed by atoms with Crippen LogP contribution < -0.4 is 11.1 Å². The minimum Gasteiger partial charge on any atom is -0.330 e. The highest BCUT2D eigenvalue weighted by atomic mass is 19.2. The molecule has 5 heteroatoms. The molecule has 0 heterocycles. The fourth-order valence-electron chi connectivity index (χ4n) is 2.50. The van der Waals surface area contributed by atoms with Crippen molar-refractivity contribution < 1.29 is 13.6 Å². The summed E-state index contributed by atoms with van der Waals surface area (Å²) in [5.74, 6) is -1.85. The van der Waals surface area contributed by atoms with E-state index in [0.717, 1.165) is 31.7 Å². The zero-order valence-corrected chi connectivity index (χ0v) is 10.7. The van der Waals surface area contributed by atoms with Gasteiger partial charge in [-0.25, -0.2) is 8.78 Å². The lowest BCUT2D eigenvalue weighted by molar-refractivity contribution is -0.121. The molecule has 1 fully saturated rings. The second kappa shape index (κ2) is 6.10. The SMILES string of the molecule is NCC1CCC(C(=O)Nc2cccc(F)c2F)CC1. The van der Waals surface area contributed by atoms with E-state index in [9.17, 15) is 13.6 Å². The predicted octanol–water partition coefficient (Wildman–Crippen LogP) is 2.67. The van der Waals surface area contributed by atoms with E-state index in [1.165, 1.54) is 12.1 Å². The zero-order valence-electron chi connectivity index (χ0n) is 10.7. The van der Waals surface area contributed by atoms with Gasteiger partial charge in [0.2, 0.25) is 5.91 Å². The molecule has 3 nitrogen and oxygen atoms in total. The third kappa shape index (κ3) is 3.29. The highest BCUT2D eigenvalue weighted by molar-refractivity contribution is 5.92. The van der Waals surface area contributed by atoms with Crippen molar-refractivity contribution in [2.45, 2.75) is 25.7 Å². The summed E-state index contributed by atoms with van der Waals surface area (Å²) in [6.45, 7) is 0.646. The Labute approximate surface area is 111 Å². The molecule has 2 rings (SSSR count). The average Bonchev–Trinajstić information content (AvgIpc) is 2.44. The Bertz CT molecular complexity index is 457. The molecular formula is C14H18F2N2O. The van der Waals surface area contributed by atoms with Crippen LogP contribution in [0.4, 0.5) is 14.5 Å². The smallest absolute Gasteiger partial charge is 0.227 e. The first-order valence-corrected chi connectivity index (χ1v) is 6.56. The predicted molar refractivity (Wildman–Crippen MR) is 69.5 cm³/mol. The number of amides is 1. The third-order valence-electron chi connectivity index (χ3n) is 3.76. The number of nitrogens with two attached hydrogens (primary N) is 1. The zero-order chi connectivity index (χ0) is 13.8. The van der Waals surface area contributed by atoms with Crippen molar-refractivity contribution in [3.8, 4) is 0 Å². The topological polar surface area (TPSA) is 55.1 Å². The molecule has 0 unspecified atom stereocenters. The van der Waals surface area contributed by atoms with Crippen molar-refractivity contribution in [3.05, 3.63) is 29.8 Å². The number of benzene rings is 1. The molecule has 1 aromatic carbocycles. The number of anilines is 1. The molecule has 1 saturated carbocycles. The number of nitrogens with one attached hydrogen (secondary N) is 1. The largest absolute Gasteiger partial charge is 0.330 e. The quantitative estimate of drug-likeness (QED) is 0.885. The number of rotatable bonds is 3. The minimum atomic E-state index is -1.01. The van der Waals surface area contributed by atoms with Gasteiger partial charge in [-0.1, -0.05) is 6.07 Å². The average molecular weight is 268 g/mol. The third-order valence-corrected chi connectivity index (χ3v) is 3.76. The van der Waals surface area contributed by atoms with Crippen LogP contribution in [0.3, 0.4) is 0 Å². The maximum atomic E-state index is 13.4. The molecule has 1 aromatic rings. The molecule has 0 atom stereocenters. The van der Waals surface area contributed by atoms with E-state index >= 15 is 0 Å². The molecule has 1 aliphatic rings. The van der Waals surface area contributed by atoms with Gasteiger partial charge in [-0.3, -0.25) is 4.79 Å². The minimum absolute atomic E-state index is 0.0917. The van der Waals surface area contributed by atoms with Gasteiger partial charge >= 0.3 is 0 Å². The standard InChI is InChI=1S/C14H18F2N2O/c15-11-2-1-3-12(13(11)16)18-14(19)10-6-4-9(8-17)5-7-10/h1-3,9-10H,4-8,17H2,(H,18,19). The second-order valence-corrected chi connectivity index (χ2v) is 5.04. The van der Waals surface area contributed by atoms with Crippen molar-refractivity contribution in [2.75, 3.05) is 11.9 Å². The van der Waals surface area contributed by atoms with Gasteiger partial charge < -0.3 is 11.1 Å².